The molecule has 0 saturated heterocycles. The number of phenolic OH excluding ortho intramolecular Hbond substituents is 1. The summed E-state index contributed by atoms with van der Waals surface area (Å²) in [6.07, 6.45) is 0.697. The molecule has 3 aromatic rings. The van der Waals surface area contributed by atoms with E-state index in [9.17, 15) is 29.1 Å². The number of phenols is 1. The van der Waals surface area contributed by atoms with Crippen LogP contribution in [0.2, 0.25) is 0 Å². The number of carboxylic acids is 2. The number of allylic oxidation sites excluding steroid dienone is 2. The molecule has 0 amide bonds. The van der Waals surface area contributed by atoms with Crippen LogP contribution in [0.3, 0.4) is 0 Å². The van der Waals surface area contributed by atoms with E-state index >= 15 is 0 Å². The Morgan fingerprint density at radius 3 is 1.94 bits per heavy atom. The molecule has 0 atom stereocenters. The van der Waals surface area contributed by atoms with Crippen LogP contribution in [-0.4, -0.2) is 72.7 Å². The highest BCUT2D eigenvalue weighted by molar-refractivity contribution is 5.91. The second-order valence-electron chi connectivity index (χ2n) is 10.3. The van der Waals surface area contributed by atoms with Crippen molar-refractivity contribution >= 4 is 34.8 Å². The highest BCUT2D eigenvalue weighted by Crippen LogP contribution is 2.40. The number of aromatic hydroxyl groups is 1. The predicted molar refractivity (Wildman–Crippen MR) is 166 cm³/mol. The Labute approximate surface area is 269 Å². The predicted octanol–water partition coefficient (Wildman–Crippen LogP) is 4.26. The standard InChI is InChI=1S/C33H36O14/c1-19(2)4-9-22-24(43-14-15-44-27(39)12-10-25(35)36)18-23(34)29-30(41)33(46-17-16-45-28(40)13-11-26(37)38)31(47-32(22)29)20-5-7-21(42-3)8-6-20/h4-8,18,34H,9-17H2,1-3H3,(H,35,36)(H,37,38). The van der Waals surface area contributed by atoms with Crippen molar-refractivity contribution in [2.45, 2.75) is 46.0 Å². The number of rotatable bonds is 18. The normalized spacial score (nSPS) is 10.6. The quantitative estimate of drug-likeness (QED) is 0.0994. The van der Waals surface area contributed by atoms with E-state index in [2.05, 4.69) is 0 Å². The second kappa shape index (κ2) is 17.2. The Morgan fingerprint density at radius 2 is 1.40 bits per heavy atom. The molecule has 0 fully saturated rings. The second-order valence-corrected chi connectivity index (χ2v) is 10.3. The summed E-state index contributed by atoms with van der Waals surface area (Å²) in [4.78, 5) is 58.9. The van der Waals surface area contributed by atoms with Crippen LogP contribution in [0.15, 0.2) is 51.2 Å². The zero-order chi connectivity index (χ0) is 34.5. The Hall–Kier alpha value is -5.53. The van der Waals surface area contributed by atoms with Gasteiger partial charge in [0.05, 0.1) is 32.8 Å². The lowest BCUT2D eigenvalue weighted by molar-refractivity contribution is -0.148. The molecule has 1 heterocycles. The van der Waals surface area contributed by atoms with Gasteiger partial charge in [-0.3, -0.25) is 24.0 Å². The van der Waals surface area contributed by atoms with Crippen molar-refractivity contribution in [3.8, 4) is 34.3 Å². The maximum absolute atomic E-state index is 13.9. The summed E-state index contributed by atoms with van der Waals surface area (Å²) < 4.78 is 33.2. The van der Waals surface area contributed by atoms with Crippen LogP contribution in [0.25, 0.3) is 22.3 Å². The lowest BCUT2D eigenvalue weighted by atomic mass is 10.0. The summed E-state index contributed by atoms with van der Waals surface area (Å²) in [7, 11) is 1.49. The maximum Gasteiger partial charge on any atom is 0.306 e. The summed E-state index contributed by atoms with van der Waals surface area (Å²) in [5, 5.41) is 28.3. The highest BCUT2D eigenvalue weighted by atomic mass is 16.6. The van der Waals surface area contributed by atoms with Crippen molar-refractivity contribution in [3.63, 3.8) is 0 Å². The van der Waals surface area contributed by atoms with E-state index in [0.717, 1.165) is 5.57 Å². The third kappa shape index (κ3) is 10.5. The molecule has 3 N–H and O–H groups in total. The molecular weight excluding hydrogens is 620 g/mol. The van der Waals surface area contributed by atoms with Crippen LogP contribution in [-0.2, 0) is 35.1 Å². The van der Waals surface area contributed by atoms with Gasteiger partial charge in [-0.05, 0) is 44.5 Å². The molecule has 14 nitrogen and oxygen atoms in total. The van der Waals surface area contributed by atoms with Crippen molar-refractivity contribution in [1.82, 2.24) is 0 Å². The summed E-state index contributed by atoms with van der Waals surface area (Å²) >= 11 is 0. The molecule has 0 bridgehead atoms. The van der Waals surface area contributed by atoms with Crippen molar-refractivity contribution in [3.05, 3.63) is 57.8 Å². The minimum Gasteiger partial charge on any atom is -0.507 e. The first-order valence-corrected chi connectivity index (χ1v) is 14.5. The molecule has 47 heavy (non-hydrogen) atoms. The first-order valence-electron chi connectivity index (χ1n) is 14.5. The molecule has 0 saturated carbocycles. The van der Waals surface area contributed by atoms with E-state index in [1.54, 1.807) is 24.3 Å². The molecule has 0 unspecified atom stereocenters. The molecule has 252 valence electrons. The van der Waals surface area contributed by atoms with E-state index in [1.807, 2.05) is 19.9 Å². The molecule has 0 radical (unpaired) electrons. The van der Waals surface area contributed by atoms with Gasteiger partial charge < -0.3 is 43.4 Å². The lowest BCUT2D eigenvalue weighted by Gasteiger charge is -2.17. The third-order valence-corrected chi connectivity index (χ3v) is 6.52. The Kier molecular flexibility index (Phi) is 13.2. The van der Waals surface area contributed by atoms with E-state index < -0.39 is 41.5 Å². The maximum atomic E-state index is 13.9. The fourth-order valence-corrected chi connectivity index (χ4v) is 4.22. The van der Waals surface area contributed by atoms with Gasteiger partial charge in [0, 0.05) is 17.2 Å². The van der Waals surface area contributed by atoms with Gasteiger partial charge in [-0.2, -0.15) is 0 Å². The fraction of sp³-hybridized carbons (Fsp3) is 0.364. The first kappa shape index (κ1) is 35.9. The van der Waals surface area contributed by atoms with Crippen molar-refractivity contribution in [1.29, 1.82) is 0 Å². The molecule has 0 aliphatic heterocycles. The number of hydrogen-bond donors (Lipinski definition) is 3. The van der Waals surface area contributed by atoms with Gasteiger partial charge in [0.15, 0.2) is 5.76 Å². The van der Waals surface area contributed by atoms with E-state index in [4.69, 9.17) is 38.3 Å². The number of aliphatic carboxylic acids is 2. The van der Waals surface area contributed by atoms with Crippen molar-refractivity contribution in [2.75, 3.05) is 33.5 Å². The molecule has 2 aromatic carbocycles. The number of carboxylic acid groups (broad SMARTS) is 2. The van der Waals surface area contributed by atoms with Crippen LogP contribution in [0.1, 0.15) is 45.1 Å². The number of hydrogen-bond acceptors (Lipinski definition) is 12. The molecule has 0 spiro atoms. The molecule has 0 aliphatic carbocycles. The fourth-order valence-electron chi connectivity index (χ4n) is 4.22. The van der Waals surface area contributed by atoms with Crippen LogP contribution >= 0.6 is 0 Å². The van der Waals surface area contributed by atoms with Gasteiger partial charge in [-0.25, -0.2) is 0 Å². The molecule has 0 aliphatic rings. The zero-order valence-electron chi connectivity index (χ0n) is 26.2. The van der Waals surface area contributed by atoms with Crippen LogP contribution in [0.4, 0.5) is 0 Å². The van der Waals surface area contributed by atoms with Crippen molar-refractivity contribution in [2.24, 2.45) is 0 Å². The molecule has 14 heteroatoms. The lowest BCUT2D eigenvalue weighted by Crippen LogP contribution is -2.17. The summed E-state index contributed by atoms with van der Waals surface area (Å²) in [5.41, 5.74) is 1.07. The summed E-state index contributed by atoms with van der Waals surface area (Å²) in [5.74, 6) is -3.79. The summed E-state index contributed by atoms with van der Waals surface area (Å²) in [6.45, 7) is 2.83. The number of fused-ring (bicyclic) bond motifs is 1. The third-order valence-electron chi connectivity index (χ3n) is 6.52. The molecular formula is C33H36O14. The van der Waals surface area contributed by atoms with Crippen LogP contribution < -0.4 is 19.6 Å². The minimum atomic E-state index is -1.15. The van der Waals surface area contributed by atoms with Gasteiger partial charge in [-0.15, -0.1) is 0 Å². The molecule has 1 aromatic heterocycles. The SMILES string of the molecule is COc1ccc(-c2oc3c(CC=C(C)C)c(OCCOC(=O)CCC(=O)O)cc(O)c3c(=O)c2OCCOC(=O)CCC(=O)O)cc1. The van der Waals surface area contributed by atoms with Crippen LogP contribution in [0, 0.1) is 0 Å². The zero-order valence-corrected chi connectivity index (χ0v) is 26.2. The van der Waals surface area contributed by atoms with E-state index in [0.29, 0.717) is 16.9 Å². The molecule has 3 rings (SSSR count). The van der Waals surface area contributed by atoms with Gasteiger partial charge >= 0.3 is 23.9 Å². The monoisotopic (exact) mass is 656 g/mol. The Balaban J connectivity index is 2.02. The smallest absolute Gasteiger partial charge is 0.306 e. The Morgan fingerprint density at radius 1 is 0.830 bits per heavy atom. The summed E-state index contributed by atoms with van der Waals surface area (Å²) in [6, 6.07) is 7.80. The first-order chi connectivity index (χ1) is 22.4. The number of benzene rings is 2. The average molecular weight is 657 g/mol. The van der Waals surface area contributed by atoms with Crippen molar-refractivity contribution < 1.29 is 62.6 Å². The Bertz CT molecular complexity index is 1680. The highest BCUT2D eigenvalue weighted by Gasteiger charge is 2.25. The number of ether oxygens (including phenoxy) is 5. The number of carbonyl (C=O) groups excluding carboxylic acids is 2. The van der Waals surface area contributed by atoms with Gasteiger partial charge in [0.25, 0.3) is 0 Å². The number of carbonyl (C=O) groups is 4. The van der Waals surface area contributed by atoms with E-state index in [1.165, 1.54) is 13.2 Å². The van der Waals surface area contributed by atoms with Gasteiger partial charge in [0.1, 0.15) is 54.6 Å². The number of methoxy groups -OCH3 is 1. The van der Waals surface area contributed by atoms with E-state index in [-0.39, 0.29) is 80.3 Å². The topological polar surface area (TPSA) is 205 Å². The van der Waals surface area contributed by atoms with Crippen LogP contribution in [0.5, 0.6) is 23.0 Å². The van der Waals surface area contributed by atoms with Gasteiger partial charge in [0.2, 0.25) is 11.2 Å². The minimum absolute atomic E-state index is 0.00437. The average Bonchev–Trinajstić information content (AvgIpc) is 3.03. The van der Waals surface area contributed by atoms with Gasteiger partial charge in [-0.1, -0.05) is 11.6 Å². The number of esters is 2. The largest absolute Gasteiger partial charge is 0.507 e.